The van der Waals surface area contributed by atoms with E-state index < -0.39 is 5.60 Å². The number of carbonyl (C=O) groups is 1. The van der Waals surface area contributed by atoms with Crippen molar-refractivity contribution in [3.05, 3.63) is 66.4 Å². The SMILES string of the molecule is Cc1cc(Nc2nccc(-c3cccc(-n4cc([C@]5(O)CCN(C)C5=O)nn4)n3)n2)ccn1. The molecule has 0 spiro atoms. The smallest absolute Gasteiger partial charge is 0.260 e. The molecule has 5 rings (SSSR count). The molecule has 4 aromatic rings. The number of likely N-dealkylation sites (N-methyl/N-ethyl adjacent to an activating group) is 1. The summed E-state index contributed by atoms with van der Waals surface area (Å²) in [5.74, 6) is 0.521. The monoisotopic (exact) mass is 443 g/mol. The minimum atomic E-state index is -1.66. The Morgan fingerprint density at radius 1 is 1.09 bits per heavy atom. The molecule has 0 aromatic carbocycles. The summed E-state index contributed by atoms with van der Waals surface area (Å²) in [7, 11) is 1.65. The molecule has 1 saturated heterocycles. The van der Waals surface area contributed by atoms with Gasteiger partial charge in [-0.3, -0.25) is 9.78 Å². The fourth-order valence-electron chi connectivity index (χ4n) is 3.66. The summed E-state index contributed by atoms with van der Waals surface area (Å²) in [6.45, 7) is 2.37. The summed E-state index contributed by atoms with van der Waals surface area (Å²) in [5, 5.41) is 22.1. The molecule has 1 atom stereocenters. The molecule has 2 N–H and O–H groups in total. The highest BCUT2D eigenvalue weighted by Crippen LogP contribution is 2.31. The van der Waals surface area contributed by atoms with Gasteiger partial charge in [0.15, 0.2) is 11.4 Å². The maximum absolute atomic E-state index is 12.4. The zero-order chi connectivity index (χ0) is 23.0. The Morgan fingerprint density at radius 3 is 2.70 bits per heavy atom. The van der Waals surface area contributed by atoms with Crippen molar-refractivity contribution >= 4 is 17.5 Å². The number of rotatable bonds is 5. The van der Waals surface area contributed by atoms with Gasteiger partial charge in [-0.15, -0.1) is 5.10 Å². The van der Waals surface area contributed by atoms with E-state index in [1.165, 1.54) is 15.8 Å². The maximum Gasteiger partial charge on any atom is 0.260 e. The minimum Gasteiger partial charge on any atom is -0.374 e. The number of aromatic nitrogens is 7. The Labute approximate surface area is 189 Å². The van der Waals surface area contributed by atoms with Gasteiger partial charge < -0.3 is 15.3 Å². The highest BCUT2D eigenvalue weighted by atomic mass is 16.3. The molecule has 0 saturated carbocycles. The van der Waals surface area contributed by atoms with Gasteiger partial charge in [0.05, 0.1) is 17.6 Å². The van der Waals surface area contributed by atoms with Crippen LogP contribution >= 0.6 is 0 Å². The fourth-order valence-corrected chi connectivity index (χ4v) is 3.66. The first-order valence-electron chi connectivity index (χ1n) is 10.3. The summed E-state index contributed by atoms with van der Waals surface area (Å²) in [5.41, 5.74) is 1.48. The van der Waals surface area contributed by atoms with Crippen molar-refractivity contribution in [2.75, 3.05) is 18.9 Å². The first-order valence-corrected chi connectivity index (χ1v) is 10.3. The normalized spacial score (nSPS) is 18.0. The van der Waals surface area contributed by atoms with Gasteiger partial charge in [-0.05, 0) is 37.3 Å². The summed E-state index contributed by atoms with van der Waals surface area (Å²) in [6, 6.07) is 10.9. The summed E-state index contributed by atoms with van der Waals surface area (Å²) in [4.78, 5) is 31.5. The fraction of sp³-hybridized carbons (Fsp3) is 0.227. The molecule has 0 aliphatic carbocycles. The minimum absolute atomic E-state index is 0.199. The molecule has 0 radical (unpaired) electrons. The molecule has 0 bridgehead atoms. The van der Waals surface area contributed by atoms with E-state index in [0.29, 0.717) is 29.7 Å². The van der Waals surface area contributed by atoms with Gasteiger partial charge in [-0.1, -0.05) is 11.3 Å². The van der Waals surface area contributed by atoms with Gasteiger partial charge in [0.25, 0.3) is 5.91 Å². The first kappa shape index (κ1) is 20.6. The van der Waals surface area contributed by atoms with Crippen molar-refractivity contribution in [3.8, 4) is 17.2 Å². The van der Waals surface area contributed by atoms with E-state index in [4.69, 9.17) is 0 Å². The second kappa shape index (κ2) is 8.02. The summed E-state index contributed by atoms with van der Waals surface area (Å²) in [6.07, 6.45) is 5.16. The lowest BCUT2D eigenvalue weighted by Crippen LogP contribution is -2.36. The Hall–Kier alpha value is -4.25. The van der Waals surface area contributed by atoms with Gasteiger partial charge in [0.1, 0.15) is 5.69 Å². The van der Waals surface area contributed by atoms with E-state index in [2.05, 4.69) is 35.6 Å². The number of pyridine rings is 2. The summed E-state index contributed by atoms with van der Waals surface area (Å²) < 4.78 is 1.43. The van der Waals surface area contributed by atoms with Gasteiger partial charge >= 0.3 is 0 Å². The molecule has 5 heterocycles. The highest BCUT2D eigenvalue weighted by molar-refractivity contribution is 5.87. The lowest BCUT2D eigenvalue weighted by molar-refractivity contribution is -0.143. The van der Waals surface area contributed by atoms with Crippen LogP contribution in [0.25, 0.3) is 17.2 Å². The number of anilines is 2. The first-order chi connectivity index (χ1) is 15.9. The number of carbonyl (C=O) groups excluding carboxylic acids is 1. The topological polar surface area (TPSA) is 135 Å². The number of nitrogens with zero attached hydrogens (tertiary/aromatic N) is 8. The molecule has 1 aliphatic rings. The molecule has 11 nitrogen and oxygen atoms in total. The average Bonchev–Trinajstić information content (AvgIpc) is 3.42. The second-order valence-corrected chi connectivity index (χ2v) is 7.84. The maximum atomic E-state index is 12.4. The number of likely N-dealkylation sites (tertiary alicyclic amines) is 1. The van der Waals surface area contributed by atoms with Crippen molar-refractivity contribution < 1.29 is 9.90 Å². The predicted molar refractivity (Wildman–Crippen MR) is 119 cm³/mol. The van der Waals surface area contributed by atoms with E-state index in [-0.39, 0.29) is 18.0 Å². The lowest BCUT2D eigenvalue weighted by atomic mass is 9.99. The average molecular weight is 443 g/mol. The number of aryl methyl sites for hydroxylation is 1. The van der Waals surface area contributed by atoms with Crippen LogP contribution in [0, 0.1) is 6.92 Å². The molecular weight excluding hydrogens is 422 g/mol. The molecule has 1 amide bonds. The highest BCUT2D eigenvalue weighted by Gasteiger charge is 2.47. The standard InChI is InChI=1S/C22H21N9O2/c1-14-12-15(6-9-23-14)25-21-24-10-7-17(27-21)16-4-3-5-19(26-16)31-13-18(28-29-31)22(33)8-11-30(2)20(22)32/h3-7,9-10,12-13,33H,8,11H2,1-2H3,(H,23,24,25,27)/t22-/m1/s1. The van der Waals surface area contributed by atoms with Crippen LogP contribution in [0.15, 0.2) is 55.0 Å². The second-order valence-electron chi connectivity index (χ2n) is 7.84. The predicted octanol–water partition coefficient (Wildman–Crippen LogP) is 1.62. The van der Waals surface area contributed by atoms with Crippen LogP contribution in [0.3, 0.4) is 0 Å². The van der Waals surface area contributed by atoms with E-state index >= 15 is 0 Å². The lowest BCUT2D eigenvalue weighted by Gasteiger charge is -2.17. The van der Waals surface area contributed by atoms with Crippen LogP contribution in [0.2, 0.25) is 0 Å². The van der Waals surface area contributed by atoms with Crippen molar-refractivity contribution in [1.29, 1.82) is 0 Å². The quantitative estimate of drug-likeness (QED) is 0.472. The van der Waals surface area contributed by atoms with Gasteiger partial charge in [0.2, 0.25) is 5.95 Å². The van der Waals surface area contributed by atoms with Crippen molar-refractivity contribution in [3.63, 3.8) is 0 Å². The third-order valence-electron chi connectivity index (χ3n) is 5.47. The zero-order valence-corrected chi connectivity index (χ0v) is 18.0. The van der Waals surface area contributed by atoms with E-state index in [9.17, 15) is 9.90 Å². The molecule has 1 aliphatic heterocycles. The molecule has 4 aromatic heterocycles. The van der Waals surface area contributed by atoms with Crippen molar-refractivity contribution in [2.24, 2.45) is 0 Å². The number of aliphatic hydroxyl groups is 1. The van der Waals surface area contributed by atoms with Crippen LogP contribution in [-0.4, -0.2) is 64.4 Å². The van der Waals surface area contributed by atoms with Crippen LogP contribution in [0.4, 0.5) is 11.6 Å². The van der Waals surface area contributed by atoms with Crippen LogP contribution in [0.5, 0.6) is 0 Å². The largest absolute Gasteiger partial charge is 0.374 e. The molecule has 0 unspecified atom stereocenters. The number of amides is 1. The molecule has 1 fully saturated rings. The van der Waals surface area contributed by atoms with Crippen molar-refractivity contribution in [2.45, 2.75) is 18.9 Å². The van der Waals surface area contributed by atoms with E-state index in [1.54, 1.807) is 31.6 Å². The Morgan fingerprint density at radius 2 is 1.91 bits per heavy atom. The third-order valence-corrected chi connectivity index (χ3v) is 5.47. The molecular formula is C22H21N9O2. The number of hydrogen-bond donors (Lipinski definition) is 2. The number of nitrogens with one attached hydrogen (secondary N) is 1. The Balaban J connectivity index is 1.42. The van der Waals surface area contributed by atoms with Crippen LogP contribution in [0.1, 0.15) is 17.8 Å². The van der Waals surface area contributed by atoms with E-state index in [0.717, 1.165) is 11.4 Å². The molecule has 11 heteroatoms. The van der Waals surface area contributed by atoms with Crippen molar-refractivity contribution in [1.82, 2.24) is 39.8 Å². The van der Waals surface area contributed by atoms with Gasteiger partial charge in [-0.2, -0.15) is 0 Å². The summed E-state index contributed by atoms with van der Waals surface area (Å²) >= 11 is 0. The van der Waals surface area contributed by atoms with E-state index in [1.807, 2.05) is 31.2 Å². The van der Waals surface area contributed by atoms with Gasteiger partial charge in [0, 0.05) is 43.8 Å². The van der Waals surface area contributed by atoms with Gasteiger partial charge in [-0.25, -0.2) is 19.6 Å². The Kier molecular flexibility index (Phi) is 5.02. The van der Waals surface area contributed by atoms with Crippen LogP contribution < -0.4 is 5.32 Å². The third kappa shape index (κ3) is 3.89. The molecule has 166 valence electrons. The zero-order valence-electron chi connectivity index (χ0n) is 18.0. The van der Waals surface area contributed by atoms with Crippen LogP contribution in [-0.2, 0) is 10.4 Å². The molecule has 33 heavy (non-hydrogen) atoms. The Bertz CT molecular complexity index is 1340. The number of hydrogen-bond acceptors (Lipinski definition) is 9.